The summed E-state index contributed by atoms with van der Waals surface area (Å²) in [6, 6.07) is 29.5. The minimum Gasteiger partial charge on any atom is -0.377 e. The van der Waals surface area contributed by atoms with Crippen LogP contribution in [0, 0.1) is 0 Å². The van der Waals surface area contributed by atoms with Gasteiger partial charge in [0, 0.05) is 0 Å². The summed E-state index contributed by atoms with van der Waals surface area (Å²) >= 11 is 0. The van der Waals surface area contributed by atoms with Crippen molar-refractivity contribution >= 4 is 21.5 Å². The molecule has 2 atom stereocenters. The van der Waals surface area contributed by atoms with Crippen molar-refractivity contribution in [3.8, 4) is 0 Å². The molecule has 1 aliphatic rings. The molecule has 0 saturated carbocycles. The zero-order valence-electron chi connectivity index (χ0n) is 21.8. The standard InChI is InChI=1S/C32H36O6/c1-3-11-27-25(7-1)9-5-13-29(27)31-32(30-14-6-10-26-8-2-4-12-28(26)30)38-24-22-36-20-18-34-16-15-33-17-19-35-21-23-37-31/h1-14,31-32H,15-24H2/t31-,32-/m1/s1. The molecule has 6 heteroatoms. The van der Waals surface area contributed by atoms with Crippen molar-refractivity contribution in [3.05, 3.63) is 96.1 Å². The highest BCUT2D eigenvalue weighted by Gasteiger charge is 2.29. The van der Waals surface area contributed by atoms with Crippen molar-refractivity contribution in [1.82, 2.24) is 0 Å². The minimum atomic E-state index is -0.353. The Morgan fingerprint density at radius 2 is 0.711 bits per heavy atom. The van der Waals surface area contributed by atoms with Crippen molar-refractivity contribution in [2.24, 2.45) is 0 Å². The molecule has 5 rings (SSSR count). The predicted octanol–water partition coefficient (Wildman–Crippen LogP) is 5.89. The molecule has 0 aromatic heterocycles. The second kappa shape index (κ2) is 14.4. The fourth-order valence-corrected chi connectivity index (χ4v) is 4.91. The van der Waals surface area contributed by atoms with Crippen LogP contribution >= 0.6 is 0 Å². The van der Waals surface area contributed by atoms with E-state index in [0.717, 1.165) is 21.9 Å². The molecule has 200 valence electrons. The van der Waals surface area contributed by atoms with Gasteiger partial charge >= 0.3 is 0 Å². The van der Waals surface area contributed by atoms with E-state index in [0.29, 0.717) is 66.1 Å². The lowest BCUT2D eigenvalue weighted by Crippen LogP contribution is -2.23. The average Bonchev–Trinajstić information content (AvgIpc) is 2.96. The van der Waals surface area contributed by atoms with Gasteiger partial charge in [-0.25, -0.2) is 0 Å². The van der Waals surface area contributed by atoms with E-state index in [2.05, 4.69) is 84.9 Å². The van der Waals surface area contributed by atoms with E-state index in [4.69, 9.17) is 28.4 Å². The quantitative estimate of drug-likeness (QED) is 0.331. The molecule has 0 aliphatic carbocycles. The Morgan fingerprint density at radius 1 is 0.368 bits per heavy atom. The van der Waals surface area contributed by atoms with E-state index >= 15 is 0 Å². The number of hydrogen-bond donors (Lipinski definition) is 0. The summed E-state index contributed by atoms with van der Waals surface area (Å²) in [5.74, 6) is 0. The second-order valence-electron chi connectivity index (χ2n) is 9.17. The van der Waals surface area contributed by atoms with Crippen LogP contribution in [0.3, 0.4) is 0 Å². The van der Waals surface area contributed by atoms with Gasteiger partial charge < -0.3 is 28.4 Å². The molecule has 1 fully saturated rings. The molecule has 6 nitrogen and oxygen atoms in total. The van der Waals surface area contributed by atoms with Gasteiger partial charge in [0.05, 0.1) is 66.1 Å². The van der Waals surface area contributed by atoms with Crippen LogP contribution in [0.1, 0.15) is 23.3 Å². The Labute approximate surface area is 224 Å². The Morgan fingerprint density at radius 3 is 1.13 bits per heavy atom. The number of hydrogen-bond acceptors (Lipinski definition) is 6. The molecule has 0 N–H and O–H groups in total. The first-order valence-electron chi connectivity index (χ1n) is 13.4. The van der Waals surface area contributed by atoms with Crippen LogP contribution in [0.15, 0.2) is 84.9 Å². The third kappa shape index (κ3) is 6.97. The molecule has 4 aromatic rings. The highest BCUT2D eigenvalue weighted by Crippen LogP contribution is 2.40. The van der Waals surface area contributed by atoms with Gasteiger partial charge in [-0.15, -0.1) is 0 Å². The zero-order chi connectivity index (χ0) is 25.8. The lowest BCUT2D eigenvalue weighted by molar-refractivity contribution is -0.102. The fourth-order valence-electron chi connectivity index (χ4n) is 4.91. The van der Waals surface area contributed by atoms with Crippen LogP contribution in [-0.4, -0.2) is 66.1 Å². The van der Waals surface area contributed by atoms with Crippen molar-refractivity contribution in [3.63, 3.8) is 0 Å². The molecule has 1 heterocycles. The second-order valence-corrected chi connectivity index (χ2v) is 9.17. The molecular formula is C32H36O6. The van der Waals surface area contributed by atoms with Crippen LogP contribution in [0.2, 0.25) is 0 Å². The minimum absolute atomic E-state index is 0.353. The topological polar surface area (TPSA) is 55.4 Å². The Bertz CT molecular complexity index is 1170. The van der Waals surface area contributed by atoms with E-state index in [-0.39, 0.29) is 12.2 Å². The van der Waals surface area contributed by atoms with Gasteiger partial charge in [0.1, 0.15) is 12.2 Å². The first-order valence-corrected chi connectivity index (χ1v) is 13.4. The van der Waals surface area contributed by atoms with Crippen LogP contribution in [0.5, 0.6) is 0 Å². The summed E-state index contributed by atoms with van der Waals surface area (Å²) in [4.78, 5) is 0. The maximum atomic E-state index is 6.65. The molecule has 0 spiro atoms. The van der Waals surface area contributed by atoms with E-state index in [1.807, 2.05) is 0 Å². The van der Waals surface area contributed by atoms with E-state index in [9.17, 15) is 0 Å². The Hall–Kier alpha value is -2.84. The lowest BCUT2D eigenvalue weighted by Gasteiger charge is -2.30. The van der Waals surface area contributed by atoms with Gasteiger partial charge in [-0.1, -0.05) is 84.9 Å². The summed E-state index contributed by atoms with van der Waals surface area (Å²) in [6.07, 6.45) is -0.706. The molecular weight excluding hydrogens is 480 g/mol. The summed E-state index contributed by atoms with van der Waals surface area (Å²) in [6.45, 7) is 4.93. The average molecular weight is 517 g/mol. The smallest absolute Gasteiger partial charge is 0.114 e. The highest BCUT2D eigenvalue weighted by molar-refractivity contribution is 5.87. The van der Waals surface area contributed by atoms with Crippen molar-refractivity contribution in [1.29, 1.82) is 0 Å². The number of fused-ring (bicyclic) bond motifs is 2. The third-order valence-corrected chi connectivity index (χ3v) is 6.70. The normalized spacial score (nSPS) is 21.6. The van der Waals surface area contributed by atoms with Gasteiger partial charge in [0.25, 0.3) is 0 Å². The van der Waals surface area contributed by atoms with E-state index in [1.54, 1.807) is 0 Å². The summed E-state index contributed by atoms with van der Waals surface area (Å²) in [7, 11) is 0. The van der Waals surface area contributed by atoms with Crippen molar-refractivity contribution < 1.29 is 28.4 Å². The molecule has 1 saturated heterocycles. The van der Waals surface area contributed by atoms with Gasteiger partial charge in [-0.3, -0.25) is 0 Å². The monoisotopic (exact) mass is 516 g/mol. The first kappa shape index (κ1) is 26.8. The maximum Gasteiger partial charge on any atom is 0.114 e. The van der Waals surface area contributed by atoms with Gasteiger partial charge in [0.2, 0.25) is 0 Å². The number of rotatable bonds is 2. The highest BCUT2D eigenvalue weighted by atomic mass is 16.6. The first-order chi connectivity index (χ1) is 18.9. The molecule has 0 amide bonds. The SMILES string of the molecule is c1ccc2c([C@H]3OCCOCCOCCOCCOCCO[C@@H]3c3cccc4ccccc34)cccc2c1. The maximum absolute atomic E-state index is 6.65. The molecule has 0 unspecified atom stereocenters. The molecule has 1 aliphatic heterocycles. The zero-order valence-corrected chi connectivity index (χ0v) is 21.8. The van der Waals surface area contributed by atoms with Gasteiger partial charge in [-0.05, 0) is 32.7 Å². The van der Waals surface area contributed by atoms with Gasteiger partial charge in [-0.2, -0.15) is 0 Å². The lowest BCUT2D eigenvalue weighted by atomic mass is 9.91. The van der Waals surface area contributed by atoms with Crippen molar-refractivity contribution in [2.75, 3.05) is 66.1 Å². The molecule has 4 aromatic carbocycles. The summed E-state index contributed by atoms with van der Waals surface area (Å²) in [5.41, 5.74) is 2.18. The largest absolute Gasteiger partial charge is 0.377 e. The van der Waals surface area contributed by atoms with Crippen LogP contribution in [-0.2, 0) is 28.4 Å². The fraction of sp³-hybridized carbons (Fsp3) is 0.375. The predicted molar refractivity (Wildman–Crippen MR) is 149 cm³/mol. The van der Waals surface area contributed by atoms with Crippen LogP contribution in [0.4, 0.5) is 0 Å². The van der Waals surface area contributed by atoms with Crippen LogP contribution < -0.4 is 0 Å². The van der Waals surface area contributed by atoms with Crippen molar-refractivity contribution in [2.45, 2.75) is 12.2 Å². The van der Waals surface area contributed by atoms with E-state index in [1.165, 1.54) is 10.8 Å². The van der Waals surface area contributed by atoms with E-state index < -0.39 is 0 Å². The van der Waals surface area contributed by atoms with Crippen LogP contribution in [0.25, 0.3) is 21.5 Å². The Balaban J connectivity index is 1.50. The third-order valence-electron chi connectivity index (χ3n) is 6.70. The molecule has 0 bridgehead atoms. The Kier molecular flexibility index (Phi) is 10.1. The number of benzene rings is 4. The summed E-state index contributed by atoms with van der Waals surface area (Å²) in [5, 5.41) is 4.64. The van der Waals surface area contributed by atoms with Gasteiger partial charge in [0.15, 0.2) is 0 Å². The molecule has 0 radical (unpaired) electrons. The number of ether oxygens (including phenoxy) is 6. The summed E-state index contributed by atoms with van der Waals surface area (Å²) < 4.78 is 36.1. The molecule has 38 heavy (non-hydrogen) atoms.